The zero-order valence-corrected chi connectivity index (χ0v) is 14.7. The molecule has 1 aromatic rings. The lowest BCUT2D eigenvalue weighted by molar-refractivity contribution is 0.492. The van der Waals surface area contributed by atoms with Gasteiger partial charge in [-0.05, 0) is 42.2 Å². The van der Waals surface area contributed by atoms with E-state index in [9.17, 15) is 0 Å². The average molecular weight is 362 g/mol. The Morgan fingerprint density at radius 3 is 2.06 bits per heavy atom. The number of aryl methyl sites for hydroxylation is 1. The molecule has 0 spiro atoms. The predicted octanol–water partition coefficient (Wildman–Crippen LogP) is 5.05. The van der Waals surface area contributed by atoms with Crippen LogP contribution in [0.2, 0.25) is 18.1 Å². The summed E-state index contributed by atoms with van der Waals surface area (Å²) in [6, 6.07) is 8.59. The minimum absolute atomic E-state index is 0.258. The van der Waals surface area contributed by atoms with Crippen molar-refractivity contribution < 1.29 is 4.43 Å². The molecule has 0 unspecified atom stereocenters. The van der Waals surface area contributed by atoms with Gasteiger partial charge in [0.05, 0.1) is 0 Å². The molecular formula is C14H23IOSi. The smallest absolute Gasteiger partial charge is 0.250 e. The molecule has 0 aliphatic carbocycles. The Bertz CT molecular complexity index is 351. The summed E-state index contributed by atoms with van der Waals surface area (Å²) in [5, 5.41) is 0.258. The number of hydrogen-bond donors (Lipinski definition) is 0. The van der Waals surface area contributed by atoms with Crippen LogP contribution in [0.5, 0.6) is 5.75 Å². The van der Waals surface area contributed by atoms with E-state index in [4.69, 9.17) is 4.43 Å². The summed E-state index contributed by atoms with van der Waals surface area (Å²) in [6.07, 6.45) is 1.14. The van der Waals surface area contributed by atoms with Crippen molar-refractivity contribution in [2.24, 2.45) is 0 Å². The maximum Gasteiger partial charge on any atom is 0.250 e. The summed E-state index contributed by atoms with van der Waals surface area (Å²) < 4.78 is 7.40. The molecule has 0 heterocycles. The lowest BCUT2D eigenvalue weighted by atomic mass is 10.2. The van der Waals surface area contributed by atoms with E-state index in [1.807, 2.05) is 0 Å². The SMILES string of the molecule is CC(C)(C)[Si](C)(C)Oc1ccc(CCI)cc1. The van der Waals surface area contributed by atoms with Gasteiger partial charge in [0.25, 0.3) is 0 Å². The minimum Gasteiger partial charge on any atom is -0.544 e. The Kier molecular flexibility index (Phi) is 5.07. The first-order valence-corrected chi connectivity index (χ1v) is 10.5. The summed E-state index contributed by atoms with van der Waals surface area (Å²) in [5.74, 6) is 1.02. The molecule has 1 rings (SSSR count). The molecule has 0 saturated heterocycles. The van der Waals surface area contributed by atoms with Gasteiger partial charge in [-0.15, -0.1) is 0 Å². The Balaban J connectivity index is 2.76. The van der Waals surface area contributed by atoms with Crippen LogP contribution in [0.1, 0.15) is 26.3 Å². The summed E-state index contributed by atoms with van der Waals surface area (Å²) >= 11 is 2.41. The van der Waals surface area contributed by atoms with Gasteiger partial charge in [0, 0.05) is 4.43 Å². The maximum atomic E-state index is 6.24. The van der Waals surface area contributed by atoms with E-state index in [2.05, 4.69) is 80.7 Å². The van der Waals surface area contributed by atoms with E-state index in [0.717, 1.165) is 12.2 Å². The standard InChI is InChI=1S/C14H23IOSi/c1-14(2,3)17(4,5)16-13-8-6-12(7-9-13)10-11-15/h6-9H,10-11H2,1-5H3. The first-order valence-electron chi connectivity index (χ1n) is 6.10. The van der Waals surface area contributed by atoms with Crippen LogP contribution in [0, 0.1) is 0 Å². The van der Waals surface area contributed by atoms with Crippen molar-refractivity contribution in [3.05, 3.63) is 29.8 Å². The summed E-state index contributed by atoms with van der Waals surface area (Å²) in [7, 11) is -1.68. The quantitative estimate of drug-likeness (QED) is 0.414. The van der Waals surface area contributed by atoms with Gasteiger partial charge in [0.1, 0.15) is 5.75 Å². The van der Waals surface area contributed by atoms with Crippen LogP contribution < -0.4 is 4.43 Å². The number of hydrogen-bond acceptors (Lipinski definition) is 1. The van der Waals surface area contributed by atoms with Crippen LogP contribution >= 0.6 is 22.6 Å². The second-order valence-electron chi connectivity index (χ2n) is 5.95. The van der Waals surface area contributed by atoms with Gasteiger partial charge in [-0.3, -0.25) is 0 Å². The molecule has 0 atom stereocenters. The van der Waals surface area contributed by atoms with Crippen LogP contribution in [-0.4, -0.2) is 12.7 Å². The second kappa shape index (κ2) is 5.74. The minimum atomic E-state index is -1.68. The number of benzene rings is 1. The summed E-state index contributed by atoms with van der Waals surface area (Å²) in [5.41, 5.74) is 1.39. The Morgan fingerprint density at radius 2 is 1.65 bits per heavy atom. The third kappa shape index (κ3) is 4.28. The molecule has 1 aromatic carbocycles. The lowest BCUT2D eigenvalue weighted by Gasteiger charge is -2.36. The molecule has 0 saturated carbocycles. The average Bonchev–Trinajstić information content (AvgIpc) is 2.19. The first-order chi connectivity index (χ1) is 7.76. The van der Waals surface area contributed by atoms with Crippen LogP contribution in [-0.2, 0) is 6.42 Å². The highest BCUT2D eigenvalue weighted by atomic mass is 127. The fourth-order valence-electron chi connectivity index (χ4n) is 1.28. The molecule has 3 heteroatoms. The summed E-state index contributed by atoms with van der Waals surface area (Å²) in [6.45, 7) is 11.4. The van der Waals surface area contributed by atoms with Gasteiger partial charge in [0.2, 0.25) is 8.32 Å². The molecule has 0 N–H and O–H groups in total. The molecule has 1 nitrogen and oxygen atoms in total. The van der Waals surface area contributed by atoms with Crippen molar-refractivity contribution >= 4 is 30.9 Å². The molecule has 0 aliphatic heterocycles. The van der Waals surface area contributed by atoms with Crippen molar-refractivity contribution in [1.82, 2.24) is 0 Å². The van der Waals surface area contributed by atoms with Crippen LogP contribution in [0.25, 0.3) is 0 Å². The highest BCUT2D eigenvalue weighted by Gasteiger charge is 2.38. The van der Waals surface area contributed by atoms with Gasteiger partial charge in [-0.1, -0.05) is 55.5 Å². The van der Waals surface area contributed by atoms with Crippen molar-refractivity contribution in [2.45, 2.75) is 45.3 Å². The van der Waals surface area contributed by atoms with Gasteiger partial charge < -0.3 is 4.43 Å². The third-order valence-corrected chi connectivity index (χ3v) is 8.38. The van der Waals surface area contributed by atoms with Crippen LogP contribution in [0.15, 0.2) is 24.3 Å². The predicted molar refractivity (Wildman–Crippen MR) is 86.9 cm³/mol. The molecule has 0 aliphatic rings. The third-order valence-electron chi connectivity index (χ3n) is 3.49. The maximum absolute atomic E-state index is 6.24. The van der Waals surface area contributed by atoms with Crippen LogP contribution in [0.4, 0.5) is 0 Å². The number of halogens is 1. The fraction of sp³-hybridized carbons (Fsp3) is 0.571. The summed E-state index contributed by atoms with van der Waals surface area (Å²) in [4.78, 5) is 0. The second-order valence-corrected chi connectivity index (χ2v) is 11.7. The van der Waals surface area contributed by atoms with E-state index < -0.39 is 8.32 Å². The largest absolute Gasteiger partial charge is 0.544 e. The van der Waals surface area contributed by atoms with Crippen LogP contribution in [0.3, 0.4) is 0 Å². The lowest BCUT2D eigenvalue weighted by Crippen LogP contribution is -2.43. The monoisotopic (exact) mass is 362 g/mol. The normalized spacial score (nSPS) is 12.6. The van der Waals surface area contributed by atoms with Crippen molar-refractivity contribution in [1.29, 1.82) is 0 Å². The van der Waals surface area contributed by atoms with E-state index in [0.29, 0.717) is 0 Å². The fourth-order valence-corrected chi connectivity index (χ4v) is 2.94. The van der Waals surface area contributed by atoms with Gasteiger partial charge in [-0.2, -0.15) is 0 Å². The highest BCUT2D eigenvalue weighted by Crippen LogP contribution is 2.37. The van der Waals surface area contributed by atoms with Gasteiger partial charge in [-0.25, -0.2) is 0 Å². The van der Waals surface area contributed by atoms with E-state index in [-0.39, 0.29) is 5.04 Å². The van der Waals surface area contributed by atoms with Crippen molar-refractivity contribution in [2.75, 3.05) is 4.43 Å². The molecule has 0 bridgehead atoms. The van der Waals surface area contributed by atoms with E-state index >= 15 is 0 Å². The van der Waals surface area contributed by atoms with Gasteiger partial charge in [0.15, 0.2) is 0 Å². The highest BCUT2D eigenvalue weighted by molar-refractivity contribution is 14.1. The molecule has 17 heavy (non-hydrogen) atoms. The first kappa shape index (κ1) is 15.0. The molecular weight excluding hydrogens is 339 g/mol. The molecule has 0 aromatic heterocycles. The number of alkyl halides is 1. The molecule has 0 amide bonds. The Labute approximate surface area is 120 Å². The van der Waals surface area contributed by atoms with Gasteiger partial charge >= 0.3 is 0 Å². The Hall–Kier alpha value is -0.0331. The zero-order valence-electron chi connectivity index (χ0n) is 11.5. The topological polar surface area (TPSA) is 9.23 Å². The zero-order chi connectivity index (χ0) is 13.1. The van der Waals surface area contributed by atoms with E-state index in [1.54, 1.807) is 0 Å². The number of rotatable bonds is 4. The molecule has 0 fully saturated rings. The van der Waals surface area contributed by atoms with E-state index in [1.165, 1.54) is 9.99 Å². The Morgan fingerprint density at radius 1 is 1.12 bits per heavy atom. The van der Waals surface area contributed by atoms with Crippen molar-refractivity contribution in [3.8, 4) is 5.75 Å². The molecule has 0 radical (unpaired) electrons. The molecule has 96 valence electrons. The van der Waals surface area contributed by atoms with Crippen molar-refractivity contribution in [3.63, 3.8) is 0 Å².